The van der Waals surface area contributed by atoms with Crippen LogP contribution in [0.15, 0.2) is 42.6 Å². The predicted octanol–water partition coefficient (Wildman–Crippen LogP) is 1.93. The Kier molecular flexibility index (Phi) is 3.48. The fourth-order valence-electron chi connectivity index (χ4n) is 2.40. The summed E-state index contributed by atoms with van der Waals surface area (Å²) in [6, 6.07) is 11.7. The zero-order chi connectivity index (χ0) is 14.8. The zero-order valence-electron chi connectivity index (χ0n) is 11.7. The van der Waals surface area contributed by atoms with Crippen LogP contribution in [-0.2, 0) is 6.54 Å². The van der Waals surface area contributed by atoms with Crippen LogP contribution in [0.1, 0.15) is 28.8 Å². The average Bonchev–Trinajstić information content (AvgIpc) is 3.29. The number of nitrogens with two attached hydrogens (primary N) is 2. The molecule has 1 saturated carbocycles. The number of carbonyl (C=O) groups is 1. The molecule has 1 aliphatic carbocycles. The van der Waals surface area contributed by atoms with Gasteiger partial charge in [0.2, 0.25) is 5.91 Å². The lowest BCUT2D eigenvalue weighted by atomic mass is 10.1. The predicted molar refractivity (Wildman–Crippen MR) is 82.8 cm³/mol. The Morgan fingerprint density at radius 3 is 2.76 bits per heavy atom. The van der Waals surface area contributed by atoms with Crippen molar-refractivity contribution in [3.05, 3.63) is 53.7 Å². The molecule has 3 rings (SSSR count). The molecule has 0 saturated heterocycles. The maximum atomic E-state index is 11.3. The molecule has 0 radical (unpaired) electrons. The van der Waals surface area contributed by atoms with Crippen LogP contribution in [0.2, 0.25) is 0 Å². The minimum atomic E-state index is -0.432. The van der Waals surface area contributed by atoms with Gasteiger partial charge in [0.05, 0.1) is 0 Å². The lowest BCUT2D eigenvalue weighted by Crippen LogP contribution is -2.26. The topological polar surface area (TPSA) is 85.2 Å². The van der Waals surface area contributed by atoms with Gasteiger partial charge in [-0.05, 0) is 42.7 Å². The van der Waals surface area contributed by atoms with Crippen LogP contribution < -0.4 is 16.4 Å². The van der Waals surface area contributed by atoms with Gasteiger partial charge in [-0.2, -0.15) is 0 Å². The molecule has 0 atom stereocenters. The molecule has 0 unspecified atom stereocenters. The maximum Gasteiger partial charge on any atom is 0.248 e. The second kappa shape index (κ2) is 5.44. The van der Waals surface area contributed by atoms with Gasteiger partial charge in [0.15, 0.2) is 0 Å². The molecule has 1 fully saturated rings. The van der Waals surface area contributed by atoms with Crippen molar-refractivity contribution in [2.24, 2.45) is 5.73 Å². The monoisotopic (exact) mass is 282 g/mol. The van der Waals surface area contributed by atoms with E-state index in [1.54, 1.807) is 18.3 Å². The number of pyridine rings is 1. The van der Waals surface area contributed by atoms with Gasteiger partial charge in [0.25, 0.3) is 0 Å². The summed E-state index contributed by atoms with van der Waals surface area (Å²) >= 11 is 0. The molecule has 1 aliphatic rings. The largest absolute Gasteiger partial charge is 0.399 e. The summed E-state index contributed by atoms with van der Waals surface area (Å²) in [4.78, 5) is 17.9. The van der Waals surface area contributed by atoms with Crippen molar-refractivity contribution in [1.82, 2.24) is 4.98 Å². The first-order valence-corrected chi connectivity index (χ1v) is 7.00. The molecule has 0 spiro atoms. The fraction of sp³-hybridized carbons (Fsp3) is 0.250. The SMILES string of the molecule is NC(=O)c1ccnc(N(Cc2cccc(N)c2)C2CC2)c1. The second-order valence-electron chi connectivity index (χ2n) is 5.37. The van der Waals surface area contributed by atoms with Crippen LogP contribution >= 0.6 is 0 Å². The lowest BCUT2D eigenvalue weighted by molar-refractivity contribution is 0.1000. The number of carbonyl (C=O) groups excluding carboxylic acids is 1. The summed E-state index contributed by atoms with van der Waals surface area (Å²) in [5.74, 6) is 0.356. The molecule has 0 aliphatic heterocycles. The Balaban J connectivity index is 1.88. The van der Waals surface area contributed by atoms with E-state index < -0.39 is 5.91 Å². The molecule has 108 valence electrons. The van der Waals surface area contributed by atoms with Crippen molar-refractivity contribution in [2.45, 2.75) is 25.4 Å². The van der Waals surface area contributed by atoms with E-state index in [4.69, 9.17) is 11.5 Å². The van der Waals surface area contributed by atoms with E-state index in [1.807, 2.05) is 24.3 Å². The third-order valence-electron chi connectivity index (χ3n) is 3.62. The number of nitrogens with zero attached hydrogens (tertiary/aromatic N) is 2. The number of hydrogen-bond donors (Lipinski definition) is 2. The van der Waals surface area contributed by atoms with Crippen molar-refractivity contribution in [3.63, 3.8) is 0 Å². The van der Waals surface area contributed by atoms with Crippen molar-refractivity contribution in [2.75, 3.05) is 10.6 Å². The Morgan fingerprint density at radius 2 is 2.10 bits per heavy atom. The number of benzene rings is 1. The maximum absolute atomic E-state index is 11.3. The van der Waals surface area contributed by atoms with Crippen molar-refractivity contribution < 1.29 is 4.79 Å². The summed E-state index contributed by atoms with van der Waals surface area (Å²) in [7, 11) is 0. The Hall–Kier alpha value is -2.56. The molecule has 21 heavy (non-hydrogen) atoms. The molecule has 2 aromatic rings. The highest BCUT2D eigenvalue weighted by Crippen LogP contribution is 2.32. The molecule has 4 N–H and O–H groups in total. The smallest absolute Gasteiger partial charge is 0.248 e. The summed E-state index contributed by atoms with van der Waals surface area (Å²) in [5.41, 5.74) is 13.5. The molecular weight excluding hydrogens is 264 g/mol. The Bertz CT molecular complexity index is 667. The summed E-state index contributed by atoms with van der Waals surface area (Å²) in [6.07, 6.45) is 3.92. The van der Waals surface area contributed by atoms with Crippen LogP contribution in [0.3, 0.4) is 0 Å². The van der Waals surface area contributed by atoms with Crippen LogP contribution in [0.25, 0.3) is 0 Å². The quantitative estimate of drug-likeness (QED) is 0.821. The molecule has 5 nitrogen and oxygen atoms in total. The van der Waals surface area contributed by atoms with Crippen LogP contribution in [-0.4, -0.2) is 16.9 Å². The normalized spacial score (nSPS) is 13.9. The number of rotatable bonds is 5. The first-order chi connectivity index (χ1) is 10.1. The van der Waals surface area contributed by atoms with E-state index >= 15 is 0 Å². The van der Waals surface area contributed by atoms with E-state index in [2.05, 4.69) is 9.88 Å². The minimum absolute atomic E-state index is 0.432. The van der Waals surface area contributed by atoms with E-state index in [9.17, 15) is 4.79 Å². The number of amides is 1. The zero-order valence-corrected chi connectivity index (χ0v) is 11.7. The third-order valence-corrected chi connectivity index (χ3v) is 3.62. The Morgan fingerprint density at radius 1 is 1.29 bits per heavy atom. The molecule has 1 heterocycles. The number of nitrogen functional groups attached to an aromatic ring is 1. The van der Waals surface area contributed by atoms with Crippen molar-refractivity contribution in [3.8, 4) is 0 Å². The van der Waals surface area contributed by atoms with Crippen LogP contribution in [0.5, 0.6) is 0 Å². The molecule has 5 heteroatoms. The van der Waals surface area contributed by atoms with Gasteiger partial charge >= 0.3 is 0 Å². The lowest BCUT2D eigenvalue weighted by Gasteiger charge is -2.24. The van der Waals surface area contributed by atoms with Crippen molar-refractivity contribution in [1.29, 1.82) is 0 Å². The van der Waals surface area contributed by atoms with Gasteiger partial charge < -0.3 is 16.4 Å². The molecular formula is C16H18N4O. The van der Waals surface area contributed by atoms with Gasteiger partial charge in [-0.15, -0.1) is 0 Å². The Labute approximate surface area is 123 Å². The molecule has 1 amide bonds. The summed E-state index contributed by atoms with van der Waals surface area (Å²) in [6.45, 7) is 0.727. The number of aromatic nitrogens is 1. The number of primary amides is 1. The van der Waals surface area contributed by atoms with Gasteiger partial charge in [0.1, 0.15) is 5.82 Å². The van der Waals surface area contributed by atoms with Gasteiger partial charge in [-0.25, -0.2) is 4.98 Å². The number of hydrogen-bond acceptors (Lipinski definition) is 4. The van der Waals surface area contributed by atoms with Crippen molar-refractivity contribution >= 4 is 17.4 Å². The van der Waals surface area contributed by atoms with E-state index in [0.29, 0.717) is 11.6 Å². The number of anilines is 2. The molecule has 1 aromatic heterocycles. The standard InChI is InChI=1S/C16H18N4O/c17-13-3-1-2-11(8-13)10-20(14-4-5-14)15-9-12(16(18)21)6-7-19-15/h1-3,6-9,14H,4-5,10,17H2,(H2,18,21). The highest BCUT2D eigenvalue weighted by molar-refractivity contribution is 5.93. The van der Waals surface area contributed by atoms with Gasteiger partial charge in [-0.3, -0.25) is 4.79 Å². The third kappa shape index (κ3) is 3.13. The van der Waals surface area contributed by atoms with Gasteiger partial charge in [0, 0.05) is 30.0 Å². The molecule has 0 bridgehead atoms. The van der Waals surface area contributed by atoms with Gasteiger partial charge in [-0.1, -0.05) is 12.1 Å². The first kappa shape index (κ1) is 13.4. The molecule has 1 aromatic carbocycles. The summed E-state index contributed by atoms with van der Waals surface area (Å²) in [5, 5.41) is 0. The van der Waals surface area contributed by atoms with Crippen LogP contribution in [0.4, 0.5) is 11.5 Å². The fourth-order valence-corrected chi connectivity index (χ4v) is 2.40. The van der Waals surface area contributed by atoms with E-state index in [0.717, 1.165) is 36.5 Å². The highest BCUT2D eigenvalue weighted by Gasteiger charge is 2.30. The van der Waals surface area contributed by atoms with E-state index in [1.165, 1.54) is 0 Å². The minimum Gasteiger partial charge on any atom is -0.399 e. The first-order valence-electron chi connectivity index (χ1n) is 7.00. The highest BCUT2D eigenvalue weighted by atomic mass is 16.1. The van der Waals surface area contributed by atoms with Crippen LogP contribution in [0, 0.1) is 0 Å². The van der Waals surface area contributed by atoms with E-state index in [-0.39, 0.29) is 0 Å². The average molecular weight is 282 g/mol. The second-order valence-corrected chi connectivity index (χ2v) is 5.37. The summed E-state index contributed by atoms with van der Waals surface area (Å²) < 4.78 is 0.